The molecule has 2 aromatic heterocycles. The molecule has 0 bridgehead atoms. The van der Waals surface area contributed by atoms with E-state index in [0.29, 0.717) is 13.1 Å². The number of pyridine rings is 2. The fourth-order valence-corrected chi connectivity index (χ4v) is 2.36. The first-order valence-corrected chi connectivity index (χ1v) is 9.10. The van der Waals surface area contributed by atoms with Crippen LogP contribution in [0.5, 0.6) is 5.88 Å². The molecular weight excluding hydrogens is 413 g/mol. The quantitative estimate of drug-likeness (QED) is 0.594. The van der Waals surface area contributed by atoms with Crippen LogP contribution in [-0.4, -0.2) is 42.9 Å². The summed E-state index contributed by atoms with van der Waals surface area (Å²) < 4.78 is 40.9. The van der Waals surface area contributed by atoms with Gasteiger partial charge in [-0.25, -0.2) is 9.97 Å². The molecule has 0 aliphatic heterocycles. The number of rotatable bonds is 9. The maximum Gasteiger partial charge on any atom is 0.422 e. The van der Waals surface area contributed by atoms with E-state index in [-0.39, 0.29) is 16.2 Å². The third-order valence-corrected chi connectivity index (χ3v) is 3.93. The van der Waals surface area contributed by atoms with Crippen LogP contribution in [0, 0.1) is 5.92 Å². The van der Waals surface area contributed by atoms with Gasteiger partial charge >= 0.3 is 6.18 Å². The van der Waals surface area contributed by atoms with Crippen molar-refractivity contribution in [2.24, 2.45) is 5.92 Å². The number of ether oxygens (including phenoxy) is 1. The third-order valence-electron chi connectivity index (χ3n) is 3.93. The lowest BCUT2D eigenvalue weighted by molar-refractivity contribution is -0.154. The van der Waals surface area contributed by atoms with Crippen molar-refractivity contribution < 1.29 is 30.4 Å². The smallest absolute Gasteiger partial charge is 0.422 e. The lowest BCUT2D eigenvalue weighted by atomic mass is 10.2. The van der Waals surface area contributed by atoms with Gasteiger partial charge in [0.1, 0.15) is 19.4 Å². The van der Waals surface area contributed by atoms with E-state index in [1.54, 1.807) is 12.3 Å². The Labute approximate surface area is 183 Å². The molecule has 0 atom stereocenters. The molecule has 0 unspecified atom stereocenters. The maximum atomic E-state index is 12.1. The van der Waals surface area contributed by atoms with Crippen LogP contribution < -0.4 is 15.4 Å². The Hall–Kier alpha value is -3.01. The summed E-state index contributed by atoms with van der Waals surface area (Å²) in [5.41, 5.74) is 1.97. The molecule has 3 rings (SSSR count). The van der Waals surface area contributed by atoms with E-state index in [4.69, 9.17) is 9.59 Å². The molecule has 31 heavy (non-hydrogen) atoms. The lowest BCUT2D eigenvalue weighted by Gasteiger charge is -2.10. The number of hydrogen-bond donors (Lipinski definition) is 2. The summed E-state index contributed by atoms with van der Waals surface area (Å²) in [4.78, 5) is 24.2. The Kier molecular flexibility index (Phi) is 13.4. The Morgan fingerprint density at radius 1 is 1.06 bits per heavy atom. The summed E-state index contributed by atoms with van der Waals surface area (Å²) in [5.74, 6) is 1.63. The number of nitrogens with one attached hydrogen (secondary N) is 2. The van der Waals surface area contributed by atoms with Crippen molar-refractivity contribution in [3.63, 3.8) is 0 Å². The molecule has 0 radical (unpaired) electrons. The Balaban J connectivity index is -0.00000122. The van der Waals surface area contributed by atoms with Gasteiger partial charge in [0.2, 0.25) is 5.88 Å². The van der Waals surface area contributed by atoms with Crippen molar-refractivity contribution >= 4 is 19.4 Å². The number of aromatic nitrogens is 2. The van der Waals surface area contributed by atoms with Gasteiger partial charge in [0.05, 0.1) is 0 Å². The number of alkyl halides is 3. The molecule has 0 amide bonds. The van der Waals surface area contributed by atoms with Gasteiger partial charge in [0.25, 0.3) is 0 Å². The van der Waals surface area contributed by atoms with Crippen LogP contribution >= 0.6 is 0 Å². The van der Waals surface area contributed by atoms with Crippen LogP contribution in [0.4, 0.5) is 19.0 Å². The topological polar surface area (TPSA) is 93.2 Å². The molecule has 10 heteroatoms. The van der Waals surface area contributed by atoms with Gasteiger partial charge in [0.15, 0.2) is 6.61 Å². The molecular formula is C21H33F3N4O3. The highest BCUT2D eigenvalue weighted by Crippen LogP contribution is 2.28. The Bertz CT molecular complexity index is 750. The lowest BCUT2D eigenvalue weighted by Crippen LogP contribution is -2.19. The van der Waals surface area contributed by atoms with Crippen LogP contribution in [0.2, 0.25) is 0 Å². The second kappa shape index (κ2) is 14.9. The van der Waals surface area contributed by atoms with Gasteiger partial charge in [0, 0.05) is 40.9 Å². The molecule has 2 N–H and O–H groups in total. The predicted molar refractivity (Wildman–Crippen MR) is 117 cm³/mol. The van der Waals surface area contributed by atoms with Gasteiger partial charge in [-0.2, -0.15) is 13.2 Å². The summed E-state index contributed by atoms with van der Waals surface area (Å²) in [6, 6.07) is 7.10. The van der Waals surface area contributed by atoms with E-state index in [9.17, 15) is 13.2 Å². The first-order chi connectivity index (χ1) is 14.5. The fourth-order valence-electron chi connectivity index (χ4n) is 2.36. The summed E-state index contributed by atoms with van der Waals surface area (Å²) in [6.45, 7) is 4.85. The number of anilines is 1. The van der Waals surface area contributed by atoms with Crippen molar-refractivity contribution in [3.05, 3.63) is 47.8 Å². The van der Waals surface area contributed by atoms with E-state index >= 15 is 0 Å². The van der Waals surface area contributed by atoms with Crippen LogP contribution in [0.1, 0.15) is 34.2 Å². The minimum atomic E-state index is -4.36. The summed E-state index contributed by atoms with van der Waals surface area (Å²) in [7, 11) is 0. The highest BCUT2D eigenvalue weighted by Gasteiger charge is 2.28. The van der Waals surface area contributed by atoms with E-state index in [1.807, 2.05) is 25.7 Å². The molecule has 1 aliphatic rings. The zero-order chi connectivity index (χ0) is 22.4. The number of hydrogen-bond acceptors (Lipinski definition) is 7. The van der Waals surface area contributed by atoms with E-state index < -0.39 is 12.8 Å². The van der Waals surface area contributed by atoms with Gasteiger partial charge in [-0.05, 0) is 42.0 Å². The van der Waals surface area contributed by atoms with E-state index in [1.165, 1.54) is 25.1 Å². The van der Waals surface area contributed by atoms with Crippen LogP contribution in [0.3, 0.4) is 0 Å². The summed E-state index contributed by atoms with van der Waals surface area (Å²) in [5, 5.41) is 6.62. The molecule has 1 aliphatic carbocycles. The van der Waals surface area contributed by atoms with Gasteiger partial charge < -0.3 is 25.0 Å². The highest BCUT2D eigenvalue weighted by molar-refractivity contribution is 5.37. The predicted octanol–water partition coefficient (Wildman–Crippen LogP) is 4.29. The van der Waals surface area contributed by atoms with Gasteiger partial charge in [-0.3, -0.25) is 0 Å². The second-order valence-electron chi connectivity index (χ2n) is 6.39. The number of carbonyl (C=O) groups is 2. The number of nitrogens with zero attached hydrogens (tertiary/aromatic N) is 2. The molecule has 0 saturated heterocycles. The minimum Gasteiger partial charge on any atom is -0.468 e. The molecule has 2 heterocycles. The van der Waals surface area contributed by atoms with Crippen LogP contribution in [0.15, 0.2) is 36.7 Å². The van der Waals surface area contributed by atoms with Crippen molar-refractivity contribution in [3.8, 4) is 5.88 Å². The highest BCUT2D eigenvalue weighted by atomic mass is 19.4. The monoisotopic (exact) mass is 446 g/mol. The zero-order valence-corrected chi connectivity index (χ0v) is 16.5. The summed E-state index contributed by atoms with van der Waals surface area (Å²) in [6.07, 6.45) is 1.51. The molecule has 0 spiro atoms. The van der Waals surface area contributed by atoms with Crippen molar-refractivity contribution in [1.82, 2.24) is 15.3 Å². The van der Waals surface area contributed by atoms with Crippen LogP contribution in [-0.2, 0) is 22.7 Å². The average molecular weight is 447 g/mol. The van der Waals surface area contributed by atoms with Crippen molar-refractivity contribution in [2.45, 2.75) is 39.5 Å². The Morgan fingerprint density at radius 3 is 2.32 bits per heavy atom. The number of halogens is 3. The molecule has 0 aromatic carbocycles. The fraction of sp³-hybridized carbons (Fsp3) is 0.429. The second-order valence-corrected chi connectivity index (χ2v) is 6.39. The van der Waals surface area contributed by atoms with E-state index in [0.717, 1.165) is 29.4 Å². The zero-order valence-electron chi connectivity index (χ0n) is 16.5. The molecule has 1 saturated carbocycles. The molecule has 7 nitrogen and oxygen atoms in total. The molecule has 176 valence electrons. The largest absolute Gasteiger partial charge is 0.468 e. The average Bonchev–Trinajstić information content (AvgIpc) is 3.59. The standard InChI is InChI=1S/C18H21F3N4O.2CH2O.CH4.2H2/c19-18(20,21)12-26-17-4-3-15(11-25-17)9-22-8-14-5-6-23-16(7-14)24-10-13-1-2-13;2*1-2;;;/h3-7,11,13,22H,1-2,8-10,12H2,(H,23,24);2*1H2;1H4;2*1H. The third kappa shape index (κ3) is 12.3. The van der Waals surface area contributed by atoms with Crippen molar-refractivity contribution in [1.29, 1.82) is 0 Å². The SMILES string of the molecule is C.C=O.C=O.FC(F)(F)COc1ccc(CNCc2ccnc(NCC3CC3)c2)cn1.[HH].[HH]. The first kappa shape index (κ1) is 28.0. The first-order valence-electron chi connectivity index (χ1n) is 9.10. The molecule has 2 aromatic rings. The van der Waals surface area contributed by atoms with Crippen molar-refractivity contribution in [2.75, 3.05) is 18.5 Å². The maximum absolute atomic E-state index is 12.1. The number of carbonyl (C=O) groups excluding carboxylic acids is 2. The molecule has 1 fully saturated rings. The van der Waals surface area contributed by atoms with Crippen LogP contribution in [0.25, 0.3) is 0 Å². The van der Waals surface area contributed by atoms with Gasteiger partial charge in [-0.1, -0.05) is 13.5 Å². The normalized spacial score (nSPS) is 12.2. The summed E-state index contributed by atoms with van der Waals surface area (Å²) >= 11 is 0. The van der Waals surface area contributed by atoms with E-state index in [2.05, 4.69) is 25.3 Å². The van der Waals surface area contributed by atoms with Gasteiger partial charge in [-0.15, -0.1) is 0 Å². The minimum absolute atomic E-state index is 0. The Morgan fingerprint density at radius 2 is 1.74 bits per heavy atom.